The lowest BCUT2D eigenvalue weighted by Gasteiger charge is -2.18. The van der Waals surface area contributed by atoms with E-state index in [4.69, 9.17) is 11.6 Å². The first-order chi connectivity index (χ1) is 12.8. The Balaban J connectivity index is 1.83. The zero-order chi connectivity index (χ0) is 18.0. The standard InChI is InChI=1S/C21H25ClN4/c22-20-24-19(17-13-9-5-4-6-10-14-17)25-21(26-20)23-18-15-11-7-2-1-3-8-12-16-18/h1-3,7-8,11-12,15-17H,4-6,9-10,13-14H2,(H,23,24,25,26). The van der Waals surface area contributed by atoms with Gasteiger partial charge < -0.3 is 5.32 Å². The maximum atomic E-state index is 6.19. The van der Waals surface area contributed by atoms with Gasteiger partial charge >= 0.3 is 0 Å². The van der Waals surface area contributed by atoms with Crippen LogP contribution in [-0.2, 0) is 0 Å². The van der Waals surface area contributed by atoms with E-state index in [9.17, 15) is 0 Å². The predicted octanol–water partition coefficient (Wildman–Crippen LogP) is 6.22. The Hall–Kier alpha value is -2.20. The van der Waals surface area contributed by atoms with Crippen LogP contribution in [0.1, 0.15) is 56.7 Å². The number of aromatic nitrogens is 3. The maximum absolute atomic E-state index is 6.19. The first-order valence-corrected chi connectivity index (χ1v) is 9.76. The first-order valence-electron chi connectivity index (χ1n) is 9.38. The summed E-state index contributed by atoms with van der Waals surface area (Å²) < 4.78 is 0. The Morgan fingerprint density at radius 3 is 1.96 bits per heavy atom. The van der Waals surface area contributed by atoms with Gasteiger partial charge in [0.2, 0.25) is 11.2 Å². The van der Waals surface area contributed by atoms with Gasteiger partial charge in [0, 0.05) is 11.6 Å². The van der Waals surface area contributed by atoms with Gasteiger partial charge in [-0.25, -0.2) is 4.98 Å². The van der Waals surface area contributed by atoms with Gasteiger partial charge in [0.05, 0.1) is 0 Å². The Labute approximate surface area is 160 Å². The Morgan fingerprint density at radius 1 is 0.731 bits per heavy atom. The second-order valence-electron chi connectivity index (χ2n) is 6.59. The molecule has 26 heavy (non-hydrogen) atoms. The quantitative estimate of drug-likeness (QED) is 0.698. The highest BCUT2D eigenvalue weighted by Crippen LogP contribution is 2.30. The van der Waals surface area contributed by atoms with Crippen LogP contribution in [0.25, 0.3) is 0 Å². The fourth-order valence-corrected chi connectivity index (χ4v) is 3.39. The molecule has 136 valence electrons. The lowest BCUT2D eigenvalue weighted by Crippen LogP contribution is -2.10. The highest BCUT2D eigenvalue weighted by Gasteiger charge is 2.18. The minimum absolute atomic E-state index is 0.252. The Kier molecular flexibility index (Phi) is 7.20. The molecule has 0 spiro atoms. The van der Waals surface area contributed by atoms with Crippen molar-refractivity contribution in [3.8, 4) is 0 Å². The van der Waals surface area contributed by atoms with Gasteiger partial charge in [-0.15, -0.1) is 0 Å². The number of rotatable bonds is 3. The molecule has 1 N–H and O–H groups in total. The molecule has 1 saturated carbocycles. The summed E-state index contributed by atoms with van der Waals surface area (Å²) in [7, 11) is 0. The predicted molar refractivity (Wildman–Crippen MR) is 107 cm³/mol. The van der Waals surface area contributed by atoms with Crippen molar-refractivity contribution in [2.45, 2.75) is 50.9 Å². The molecule has 1 fully saturated rings. The molecule has 1 aliphatic rings. The molecule has 1 aliphatic carbocycles. The molecule has 5 heteroatoms. The molecule has 0 bridgehead atoms. The third kappa shape index (κ3) is 5.95. The summed E-state index contributed by atoms with van der Waals surface area (Å²) in [6, 6.07) is 17.8. The van der Waals surface area contributed by atoms with Crippen LogP contribution in [0.2, 0.25) is 5.28 Å². The first kappa shape index (κ1) is 18.6. The average molecular weight is 369 g/mol. The molecular formula is C21H25ClN4. The van der Waals surface area contributed by atoms with Crippen LogP contribution in [0, 0.1) is 0 Å². The van der Waals surface area contributed by atoms with Crippen LogP contribution >= 0.6 is 11.6 Å². The highest BCUT2D eigenvalue weighted by atomic mass is 35.5. The van der Waals surface area contributed by atoms with E-state index >= 15 is 0 Å². The van der Waals surface area contributed by atoms with Crippen LogP contribution in [0.5, 0.6) is 0 Å². The largest absolute Gasteiger partial charge is 0.324 e. The minimum Gasteiger partial charge on any atom is -0.324 e. The molecule has 4 nitrogen and oxygen atoms in total. The number of nitrogens with zero attached hydrogens (tertiary/aromatic N) is 3. The van der Waals surface area contributed by atoms with E-state index < -0.39 is 0 Å². The number of halogens is 1. The minimum atomic E-state index is 0.252. The lowest BCUT2D eigenvalue weighted by atomic mass is 9.90. The molecule has 0 aliphatic heterocycles. The van der Waals surface area contributed by atoms with Crippen molar-refractivity contribution in [2.24, 2.45) is 0 Å². The maximum Gasteiger partial charge on any atom is 0.231 e. The van der Waals surface area contributed by atoms with E-state index in [1.54, 1.807) is 0 Å². The van der Waals surface area contributed by atoms with Crippen molar-refractivity contribution in [3.05, 3.63) is 65.7 Å². The molecule has 0 atom stereocenters. The van der Waals surface area contributed by atoms with Gasteiger partial charge in [-0.2, -0.15) is 9.97 Å². The van der Waals surface area contributed by atoms with E-state index in [2.05, 4.69) is 20.3 Å². The number of hydrogen-bond donors (Lipinski definition) is 1. The van der Waals surface area contributed by atoms with E-state index in [0.29, 0.717) is 11.9 Å². The van der Waals surface area contributed by atoms with Gasteiger partial charge in [0.15, 0.2) is 0 Å². The zero-order valence-corrected chi connectivity index (χ0v) is 15.7. The molecule has 0 radical (unpaired) electrons. The van der Waals surface area contributed by atoms with Crippen molar-refractivity contribution >= 4 is 23.2 Å². The summed E-state index contributed by atoms with van der Waals surface area (Å²) in [5.74, 6) is 1.69. The number of anilines is 2. The molecular weight excluding hydrogens is 344 g/mol. The van der Waals surface area contributed by atoms with Gasteiger partial charge in [-0.05, 0) is 36.6 Å². The Bertz CT molecular complexity index is 731. The topological polar surface area (TPSA) is 50.7 Å². The second kappa shape index (κ2) is 10.1. The normalized spacial score (nSPS) is 15.4. The smallest absolute Gasteiger partial charge is 0.231 e. The van der Waals surface area contributed by atoms with Crippen molar-refractivity contribution < 1.29 is 0 Å². The van der Waals surface area contributed by atoms with E-state index in [-0.39, 0.29) is 5.28 Å². The average Bonchev–Trinajstić information content (AvgIpc) is 2.60. The van der Waals surface area contributed by atoms with Crippen molar-refractivity contribution in [2.75, 3.05) is 5.32 Å². The van der Waals surface area contributed by atoms with E-state index in [1.165, 1.54) is 32.1 Å². The summed E-state index contributed by atoms with van der Waals surface area (Å²) in [4.78, 5) is 13.3. The fraction of sp³-hybridized carbons (Fsp3) is 0.381. The SMILES string of the molecule is Clc1nc(Nc2ccccccccc2)nc(C2CCCCCCC2)n1. The summed E-state index contributed by atoms with van der Waals surface area (Å²) in [6.45, 7) is 0. The third-order valence-corrected chi connectivity index (χ3v) is 4.74. The van der Waals surface area contributed by atoms with Gasteiger partial charge in [0.1, 0.15) is 5.82 Å². The monoisotopic (exact) mass is 368 g/mol. The molecule has 0 amide bonds. The van der Waals surface area contributed by atoms with Gasteiger partial charge in [-0.1, -0.05) is 74.6 Å². The number of hydrogen-bond acceptors (Lipinski definition) is 4. The molecule has 0 unspecified atom stereocenters. The van der Waals surface area contributed by atoms with Crippen LogP contribution in [-0.4, -0.2) is 15.0 Å². The van der Waals surface area contributed by atoms with Crippen LogP contribution in [0.4, 0.5) is 11.6 Å². The van der Waals surface area contributed by atoms with Crippen LogP contribution in [0.3, 0.4) is 0 Å². The van der Waals surface area contributed by atoms with Gasteiger partial charge in [0.25, 0.3) is 0 Å². The van der Waals surface area contributed by atoms with E-state index in [0.717, 1.165) is 24.4 Å². The molecule has 0 saturated heterocycles. The van der Waals surface area contributed by atoms with Crippen molar-refractivity contribution in [1.82, 2.24) is 15.0 Å². The summed E-state index contributed by atoms with van der Waals surface area (Å²) in [6.07, 6.45) is 8.66. The molecule has 1 heterocycles. The Morgan fingerprint density at radius 2 is 1.31 bits per heavy atom. The fourth-order valence-electron chi connectivity index (χ4n) is 3.23. The number of nitrogens with one attached hydrogen (secondary N) is 1. The summed E-state index contributed by atoms with van der Waals surface area (Å²) in [5.41, 5.74) is 0.895. The second-order valence-corrected chi connectivity index (χ2v) is 6.93. The zero-order valence-electron chi connectivity index (χ0n) is 14.9. The summed E-state index contributed by atoms with van der Waals surface area (Å²) in [5, 5.41) is 3.52. The molecule has 3 rings (SSSR count). The molecule has 1 aromatic carbocycles. The van der Waals surface area contributed by atoms with Crippen LogP contribution < -0.4 is 5.32 Å². The van der Waals surface area contributed by atoms with E-state index in [1.807, 2.05) is 54.6 Å². The van der Waals surface area contributed by atoms with Gasteiger partial charge in [-0.3, -0.25) is 0 Å². The van der Waals surface area contributed by atoms with Crippen molar-refractivity contribution in [1.29, 1.82) is 0 Å². The highest BCUT2D eigenvalue weighted by molar-refractivity contribution is 6.28. The summed E-state index contributed by atoms with van der Waals surface area (Å²) >= 11 is 6.19. The third-order valence-electron chi connectivity index (χ3n) is 4.57. The molecule has 1 aromatic heterocycles. The van der Waals surface area contributed by atoms with Crippen LogP contribution in [0.15, 0.2) is 54.6 Å². The molecule has 2 aromatic rings. The van der Waals surface area contributed by atoms with Crippen molar-refractivity contribution in [3.63, 3.8) is 0 Å². The lowest BCUT2D eigenvalue weighted by molar-refractivity contribution is 0.442.